The number of halogens is 3. The van der Waals surface area contributed by atoms with E-state index in [1.807, 2.05) is 0 Å². The molecule has 2 aliphatic heterocycles. The van der Waals surface area contributed by atoms with Crippen LogP contribution in [0, 0.1) is 5.92 Å². The average molecular weight is 478 g/mol. The number of imide groups is 1. The smallest absolute Gasteiger partial charge is 0.418 e. The predicted molar refractivity (Wildman–Crippen MR) is 112 cm³/mol. The number of carbonyl (C=O) groups excluding carboxylic acids is 2. The highest BCUT2D eigenvalue weighted by Gasteiger charge is 2.57. The largest absolute Gasteiger partial charge is 0.508 e. The first-order chi connectivity index (χ1) is 15.2. The van der Waals surface area contributed by atoms with Crippen molar-refractivity contribution < 1.29 is 27.9 Å². The highest BCUT2D eigenvalue weighted by molar-refractivity contribution is 8.00. The number of alkyl halides is 3. The van der Waals surface area contributed by atoms with Crippen molar-refractivity contribution in [1.82, 2.24) is 4.98 Å². The number of benzene rings is 2. The van der Waals surface area contributed by atoms with Gasteiger partial charge in [-0.1, -0.05) is 53.4 Å². The van der Waals surface area contributed by atoms with Gasteiger partial charge >= 0.3 is 11.0 Å². The number of amides is 2. The Morgan fingerprint density at radius 3 is 2.38 bits per heavy atom. The van der Waals surface area contributed by atoms with Gasteiger partial charge in [-0.05, 0) is 18.2 Å². The highest BCUT2D eigenvalue weighted by atomic mass is 32.2. The lowest BCUT2D eigenvalue weighted by molar-refractivity contribution is -0.137. The molecule has 32 heavy (non-hydrogen) atoms. The molecule has 2 aromatic carbocycles. The maximum Gasteiger partial charge on any atom is 0.418 e. The lowest BCUT2D eigenvalue weighted by atomic mass is 9.82. The summed E-state index contributed by atoms with van der Waals surface area (Å²) in [5, 5.41) is 9.78. The van der Waals surface area contributed by atoms with E-state index in [-0.39, 0.29) is 10.6 Å². The number of thioether (sulfide) groups is 1. The lowest BCUT2D eigenvalue weighted by Crippen LogP contribution is -2.33. The van der Waals surface area contributed by atoms with Gasteiger partial charge in [-0.15, -0.1) is 0 Å². The second-order valence-corrected chi connectivity index (χ2v) is 9.50. The summed E-state index contributed by atoms with van der Waals surface area (Å²) >= 11 is 1.81. The van der Waals surface area contributed by atoms with Crippen LogP contribution in [0.3, 0.4) is 0 Å². The third-order valence-electron chi connectivity index (χ3n) is 5.55. The number of hydrogen-bond acceptors (Lipinski definition) is 6. The molecule has 164 valence electrons. The summed E-state index contributed by atoms with van der Waals surface area (Å²) < 4.78 is 40.8. The van der Waals surface area contributed by atoms with Crippen molar-refractivity contribution >= 4 is 40.6 Å². The van der Waals surface area contributed by atoms with Crippen LogP contribution in [0.1, 0.15) is 21.9 Å². The Kier molecular flexibility index (Phi) is 4.71. The second kappa shape index (κ2) is 7.24. The molecule has 0 saturated carbocycles. The van der Waals surface area contributed by atoms with E-state index < -0.39 is 46.3 Å². The van der Waals surface area contributed by atoms with Crippen molar-refractivity contribution in [1.29, 1.82) is 0 Å². The topological polar surface area (TPSA) is 90.5 Å². The summed E-state index contributed by atoms with van der Waals surface area (Å²) in [6.07, 6.45) is -4.76. The number of hydrogen-bond donors (Lipinski definition) is 2. The third kappa shape index (κ3) is 3.06. The second-order valence-electron chi connectivity index (χ2n) is 7.34. The van der Waals surface area contributed by atoms with Gasteiger partial charge in [-0.2, -0.15) is 13.2 Å². The normalized spacial score (nSPS) is 22.7. The van der Waals surface area contributed by atoms with Gasteiger partial charge in [0.15, 0.2) is 0 Å². The fraction of sp³-hybridized carbons (Fsp3) is 0.190. The molecular weight excluding hydrogens is 465 g/mol. The molecular formula is C21H13F3N2O4S2. The first-order valence-electron chi connectivity index (χ1n) is 9.40. The summed E-state index contributed by atoms with van der Waals surface area (Å²) in [5.74, 6) is -3.67. The minimum atomic E-state index is -4.76. The number of para-hydroxylation sites is 2. The number of aromatic nitrogens is 1. The van der Waals surface area contributed by atoms with Crippen LogP contribution in [0.25, 0.3) is 0 Å². The van der Waals surface area contributed by atoms with Crippen molar-refractivity contribution in [3.05, 3.63) is 74.2 Å². The van der Waals surface area contributed by atoms with Gasteiger partial charge in [0.2, 0.25) is 11.8 Å². The first-order valence-corrected chi connectivity index (χ1v) is 11.1. The SMILES string of the molecule is O=C1C2Sc3[nH]c(=O)sc3[C@H](c3ccccc3O)C2C(=O)N1c1ccccc1C(F)(F)F. The fourth-order valence-corrected chi connectivity index (χ4v) is 6.75. The van der Waals surface area contributed by atoms with E-state index in [2.05, 4.69) is 4.98 Å². The average Bonchev–Trinajstić information content (AvgIpc) is 3.23. The number of aromatic hydroxyl groups is 1. The number of nitrogens with one attached hydrogen (secondary N) is 1. The molecule has 2 unspecified atom stereocenters. The van der Waals surface area contributed by atoms with Crippen molar-refractivity contribution in [2.45, 2.75) is 22.4 Å². The molecule has 2 amide bonds. The van der Waals surface area contributed by atoms with E-state index in [1.165, 1.54) is 18.2 Å². The zero-order valence-electron chi connectivity index (χ0n) is 15.9. The molecule has 1 fully saturated rings. The quantitative estimate of drug-likeness (QED) is 0.545. The Morgan fingerprint density at radius 2 is 1.66 bits per heavy atom. The molecule has 3 atom stereocenters. The van der Waals surface area contributed by atoms with Crippen LogP contribution in [-0.4, -0.2) is 27.2 Å². The molecule has 0 aliphatic carbocycles. The minimum absolute atomic E-state index is 0.135. The number of H-pyrrole nitrogens is 1. The van der Waals surface area contributed by atoms with E-state index in [1.54, 1.807) is 18.2 Å². The summed E-state index contributed by atoms with van der Waals surface area (Å²) in [6, 6.07) is 10.6. The third-order valence-corrected chi connectivity index (χ3v) is 7.95. The van der Waals surface area contributed by atoms with Gasteiger partial charge in [0, 0.05) is 16.4 Å². The predicted octanol–water partition coefficient (Wildman–Crippen LogP) is 3.96. The molecule has 0 radical (unpaired) electrons. The Bertz CT molecular complexity index is 1320. The number of thiazole rings is 1. The molecule has 1 saturated heterocycles. The van der Waals surface area contributed by atoms with Crippen molar-refractivity contribution in [2.24, 2.45) is 5.92 Å². The Balaban J connectivity index is 1.69. The van der Waals surface area contributed by atoms with Gasteiger partial charge in [0.1, 0.15) is 11.0 Å². The van der Waals surface area contributed by atoms with Gasteiger partial charge in [0.05, 0.1) is 22.2 Å². The van der Waals surface area contributed by atoms with Crippen LogP contribution in [0.5, 0.6) is 5.75 Å². The van der Waals surface area contributed by atoms with Crippen LogP contribution in [0.4, 0.5) is 18.9 Å². The van der Waals surface area contributed by atoms with Crippen molar-refractivity contribution in [3.8, 4) is 5.75 Å². The molecule has 11 heteroatoms. The molecule has 2 aliphatic rings. The maximum absolute atomic E-state index is 13.6. The van der Waals surface area contributed by atoms with Gasteiger partial charge < -0.3 is 10.1 Å². The molecule has 3 heterocycles. The van der Waals surface area contributed by atoms with Gasteiger partial charge in [-0.25, -0.2) is 4.90 Å². The van der Waals surface area contributed by atoms with Crippen LogP contribution < -0.4 is 9.77 Å². The van der Waals surface area contributed by atoms with E-state index in [9.17, 15) is 32.7 Å². The van der Waals surface area contributed by atoms with Gasteiger partial charge in [-0.3, -0.25) is 14.4 Å². The number of nitrogens with zero attached hydrogens (tertiary/aromatic N) is 1. The van der Waals surface area contributed by atoms with Crippen LogP contribution in [0.2, 0.25) is 0 Å². The number of fused-ring (bicyclic) bond motifs is 2. The van der Waals surface area contributed by atoms with E-state index in [0.717, 1.165) is 35.2 Å². The first kappa shape index (κ1) is 20.8. The maximum atomic E-state index is 13.6. The zero-order valence-corrected chi connectivity index (χ0v) is 17.6. The Labute approximate surface area is 186 Å². The number of aromatic amines is 1. The monoisotopic (exact) mass is 478 g/mol. The van der Waals surface area contributed by atoms with E-state index in [0.29, 0.717) is 20.4 Å². The summed E-state index contributed by atoms with van der Waals surface area (Å²) in [6.45, 7) is 0. The van der Waals surface area contributed by atoms with Crippen LogP contribution >= 0.6 is 23.1 Å². The van der Waals surface area contributed by atoms with E-state index >= 15 is 0 Å². The molecule has 0 bridgehead atoms. The molecule has 1 aromatic heterocycles. The van der Waals surface area contributed by atoms with Crippen molar-refractivity contribution in [2.75, 3.05) is 4.90 Å². The Morgan fingerprint density at radius 1 is 0.969 bits per heavy atom. The molecule has 0 spiro atoms. The summed E-state index contributed by atoms with van der Waals surface area (Å²) in [7, 11) is 0. The molecule has 3 aromatic rings. The summed E-state index contributed by atoms with van der Waals surface area (Å²) in [4.78, 5) is 42.1. The zero-order chi connectivity index (χ0) is 22.8. The van der Waals surface area contributed by atoms with E-state index in [4.69, 9.17) is 0 Å². The number of anilines is 1. The standard InChI is InChI=1S/C21H13F3N2O4S2/c22-21(23,24)10-6-2-3-7-11(10)26-18(28)14-13(9-5-1-4-8-12(9)27)15-17(25-20(30)32-15)31-16(14)19(26)29/h1-8,13-14,16,27H,(H,25,30)/t13-,14?,16?/m1/s1. The minimum Gasteiger partial charge on any atom is -0.508 e. The molecule has 2 N–H and O–H groups in total. The number of phenols is 1. The fourth-order valence-electron chi connectivity index (χ4n) is 4.25. The number of phenolic OH excluding ortho intramolecular Hbond substituents is 1. The summed E-state index contributed by atoms with van der Waals surface area (Å²) in [5.41, 5.74) is -1.29. The van der Waals surface area contributed by atoms with Gasteiger partial charge in [0.25, 0.3) is 0 Å². The lowest BCUT2D eigenvalue weighted by Gasteiger charge is -2.30. The highest BCUT2D eigenvalue weighted by Crippen LogP contribution is 2.55. The van der Waals surface area contributed by atoms with Crippen LogP contribution in [-0.2, 0) is 15.8 Å². The Hall–Kier alpha value is -3.05. The van der Waals surface area contributed by atoms with Crippen molar-refractivity contribution in [3.63, 3.8) is 0 Å². The molecule has 6 nitrogen and oxygen atoms in total. The number of rotatable bonds is 2. The number of carbonyl (C=O) groups is 2. The molecule has 5 rings (SSSR count). The van der Waals surface area contributed by atoms with Crippen LogP contribution in [0.15, 0.2) is 58.4 Å².